The van der Waals surface area contributed by atoms with E-state index < -0.39 is 5.91 Å². The Morgan fingerprint density at radius 1 is 1.33 bits per heavy atom. The van der Waals surface area contributed by atoms with Crippen molar-refractivity contribution in [1.82, 2.24) is 5.43 Å². The first kappa shape index (κ1) is 14.9. The highest BCUT2D eigenvalue weighted by molar-refractivity contribution is 6.30. The van der Waals surface area contributed by atoms with Crippen LogP contribution < -0.4 is 10.2 Å². The molecule has 108 valence electrons. The number of phenols is 1. The Balaban J connectivity index is 2.10. The maximum atomic E-state index is 12.0. The Labute approximate surface area is 126 Å². The van der Waals surface area contributed by atoms with E-state index in [1.807, 2.05) is 0 Å². The number of para-hydroxylation sites is 1. The molecule has 0 saturated carbocycles. The van der Waals surface area contributed by atoms with Gasteiger partial charge in [0.1, 0.15) is 11.5 Å². The second-order valence-corrected chi connectivity index (χ2v) is 4.54. The number of nitrogens with zero attached hydrogens (tertiary/aromatic N) is 1. The van der Waals surface area contributed by atoms with E-state index in [2.05, 4.69) is 10.5 Å². The number of carbonyl (C=O) groups excluding carboxylic acids is 1. The Morgan fingerprint density at radius 3 is 2.86 bits per heavy atom. The molecule has 6 heteroatoms. The molecule has 0 spiro atoms. The van der Waals surface area contributed by atoms with Gasteiger partial charge in [-0.1, -0.05) is 23.7 Å². The van der Waals surface area contributed by atoms with Crippen LogP contribution in [0.3, 0.4) is 0 Å². The van der Waals surface area contributed by atoms with Crippen LogP contribution in [0.2, 0.25) is 5.02 Å². The summed E-state index contributed by atoms with van der Waals surface area (Å²) in [5.74, 6) is 0.0655. The van der Waals surface area contributed by atoms with Crippen LogP contribution >= 0.6 is 11.6 Å². The molecule has 1 amide bonds. The molecule has 21 heavy (non-hydrogen) atoms. The molecule has 2 N–H and O–H groups in total. The van der Waals surface area contributed by atoms with E-state index in [4.69, 9.17) is 16.3 Å². The number of amides is 1. The number of hydrogen-bond donors (Lipinski definition) is 2. The van der Waals surface area contributed by atoms with Crippen molar-refractivity contribution in [2.75, 3.05) is 7.11 Å². The number of aromatic hydroxyl groups is 1. The molecule has 0 atom stereocenters. The summed E-state index contributed by atoms with van der Waals surface area (Å²) in [6.07, 6.45) is 1.31. The highest BCUT2D eigenvalue weighted by Crippen LogP contribution is 2.20. The fourth-order valence-electron chi connectivity index (χ4n) is 1.68. The molecular formula is C15H13ClN2O3. The third-order valence-electron chi connectivity index (χ3n) is 2.71. The minimum atomic E-state index is -0.412. The van der Waals surface area contributed by atoms with Crippen LogP contribution in [0.4, 0.5) is 0 Å². The second-order valence-electron chi connectivity index (χ2n) is 4.10. The molecule has 0 aromatic heterocycles. The lowest BCUT2D eigenvalue weighted by molar-refractivity contribution is 0.0952. The van der Waals surface area contributed by atoms with Crippen molar-refractivity contribution in [3.63, 3.8) is 0 Å². The normalized spacial score (nSPS) is 10.6. The molecule has 0 radical (unpaired) electrons. The average Bonchev–Trinajstić information content (AvgIpc) is 2.50. The monoisotopic (exact) mass is 304 g/mol. The molecule has 0 aliphatic rings. The van der Waals surface area contributed by atoms with Gasteiger partial charge < -0.3 is 9.84 Å². The highest BCUT2D eigenvalue weighted by atomic mass is 35.5. The van der Waals surface area contributed by atoms with Gasteiger partial charge in [-0.2, -0.15) is 5.10 Å². The van der Waals surface area contributed by atoms with E-state index in [1.54, 1.807) is 30.3 Å². The minimum absolute atomic E-state index is 0.0229. The van der Waals surface area contributed by atoms with Crippen LogP contribution in [0, 0.1) is 0 Å². The van der Waals surface area contributed by atoms with Gasteiger partial charge in [-0.3, -0.25) is 4.79 Å². The average molecular weight is 305 g/mol. The number of methoxy groups -OCH3 is 1. The molecule has 0 aliphatic carbocycles. The number of benzene rings is 2. The summed E-state index contributed by atoms with van der Waals surface area (Å²) in [5.41, 5.74) is 3.14. The molecule has 2 rings (SSSR count). The fraction of sp³-hybridized carbons (Fsp3) is 0.0667. The number of carbonyl (C=O) groups is 1. The van der Waals surface area contributed by atoms with Gasteiger partial charge in [0.15, 0.2) is 0 Å². The summed E-state index contributed by atoms with van der Waals surface area (Å²) in [6, 6.07) is 11.3. The van der Waals surface area contributed by atoms with Gasteiger partial charge in [0.05, 0.1) is 18.9 Å². The van der Waals surface area contributed by atoms with Gasteiger partial charge in [0, 0.05) is 10.6 Å². The predicted octanol–water partition coefficient (Wildman–Crippen LogP) is 2.82. The lowest BCUT2D eigenvalue weighted by Gasteiger charge is -2.06. The zero-order valence-corrected chi connectivity index (χ0v) is 12.0. The first-order valence-electron chi connectivity index (χ1n) is 6.06. The number of hydrogen-bond acceptors (Lipinski definition) is 4. The standard InChI is InChI=1S/C15H13ClN2O3/c1-21-14-5-3-2-4-12(14)15(20)18-17-9-10-8-11(16)6-7-13(10)19/h2-9,19H,1H3,(H,18,20)/b17-9+. The Bertz CT molecular complexity index is 686. The SMILES string of the molecule is COc1ccccc1C(=O)N/N=C/c1cc(Cl)ccc1O. The summed E-state index contributed by atoms with van der Waals surface area (Å²) in [7, 11) is 1.49. The maximum absolute atomic E-state index is 12.0. The summed E-state index contributed by atoms with van der Waals surface area (Å²) in [5, 5.41) is 13.9. The lowest BCUT2D eigenvalue weighted by Crippen LogP contribution is -2.18. The molecule has 0 saturated heterocycles. The van der Waals surface area contributed by atoms with Crippen molar-refractivity contribution in [1.29, 1.82) is 0 Å². The van der Waals surface area contributed by atoms with Crippen molar-refractivity contribution >= 4 is 23.7 Å². The Morgan fingerprint density at radius 2 is 2.10 bits per heavy atom. The van der Waals surface area contributed by atoms with E-state index >= 15 is 0 Å². The van der Waals surface area contributed by atoms with E-state index in [1.165, 1.54) is 25.5 Å². The van der Waals surface area contributed by atoms with Crippen molar-refractivity contribution in [3.05, 3.63) is 58.6 Å². The van der Waals surface area contributed by atoms with Gasteiger partial charge in [-0.25, -0.2) is 5.43 Å². The largest absolute Gasteiger partial charge is 0.507 e. The third kappa shape index (κ3) is 3.73. The Hall–Kier alpha value is -2.53. The van der Waals surface area contributed by atoms with Gasteiger partial charge >= 0.3 is 0 Å². The van der Waals surface area contributed by atoms with E-state index in [9.17, 15) is 9.90 Å². The maximum Gasteiger partial charge on any atom is 0.275 e. The molecule has 2 aromatic carbocycles. The summed E-state index contributed by atoms with van der Waals surface area (Å²) in [4.78, 5) is 12.0. The lowest BCUT2D eigenvalue weighted by atomic mass is 10.2. The van der Waals surface area contributed by atoms with E-state index in [0.717, 1.165) is 0 Å². The number of halogens is 1. The molecule has 5 nitrogen and oxygen atoms in total. The van der Waals surface area contributed by atoms with Crippen molar-refractivity contribution in [3.8, 4) is 11.5 Å². The molecule has 0 unspecified atom stereocenters. The van der Waals surface area contributed by atoms with E-state index in [-0.39, 0.29) is 5.75 Å². The van der Waals surface area contributed by atoms with Crippen LogP contribution in [0.1, 0.15) is 15.9 Å². The minimum Gasteiger partial charge on any atom is -0.507 e. The molecule has 0 heterocycles. The first-order valence-corrected chi connectivity index (χ1v) is 6.44. The topological polar surface area (TPSA) is 70.9 Å². The zero-order chi connectivity index (χ0) is 15.2. The summed E-state index contributed by atoms with van der Waals surface area (Å²) >= 11 is 5.82. The van der Waals surface area contributed by atoms with Crippen molar-refractivity contribution in [2.45, 2.75) is 0 Å². The van der Waals surface area contributed by atoms with Gasteiger partial charge in [-0.05, 0) is 30.3 Å². The van der Waals surface area contributed by atoms with Crippen molar-refractivity contribution < 1.29 is 14.6 Å². The number of nitrogens with one attached hydrogen (secondary N) is 1. The number of phenolic OH excluding ortho intramolecular Hbond substituents is 1. The van der Waals surface area contributed by atoms with Gasteiger partial charge in [0.2, 0.25) is 0 Å². The van der Waals surface area contributed by atoms with Crippen LogP contribution in [-0.4, -0.2) is 24.3 Å². The number of ether oxygens (including phenoxy) is 1. The third-order valence-corrected chi connectivity index (χ3v) is 2.95. The molecule has 0 aliphatic heterocycles. The molecule has 0 fully saturated rings. The first-order chi connectivity index (χ1) is 10.1. The number of hydrazone groups is 1. The smallest absolute Gasteiger partial charge is 0.275 e. The zero-order valence-electron chi connectivity index (χ0n) is 11.2. The number of rotatable bonds is 4. The van der Waals surface area contributed by atoms with Gasteiger partial charge in [-0.15, -0.1) is 0 Å². The summed E-state index contributed by atoms with van der Waals surface area (Å²) in [6.45, 7) is 0. The van der Waals surface area contributed by atoms with E-state index in [0.29, 0.717) is 21.9 Å². The van der Waals surface area contributed by atoms with Crippen LogP contribution in [0.25, 0.3) is 0 Å². The van der Waals surface area contributed by atoms with Gasteiger partial charge in [0.25, 0.3) is 5.91 Å². The second kappa shape index (κ2) is 6.76. The van der Waals surface area contributed by atoms with Crippen LogP contribution in [-0.2, 0) is 0 Å². The fourth-order valence-corrected chi connectivity index (χ4v) is 1.86. The predicted molar refractivity (Wildman–Crippen MR) is 81.2 cm³/mol. The molecular weight excluding hydrogens is 292 g/mol. The van der Waals surface area contributed by atoms with Crippen LogP contribution in [0.15, 0.2) is 47.6 Å². The van der Waals surface area contributed by atoms with Crippen LogP contribution in [0.5, 0.6) is 11.5 Å². The quantitative estimate of drug-likeness (QED) is 0.674. The Kier molecular flexibility index (Phi) is 4.79. The summed E-state index contributed by atoms with van der Waals surface area (Å²) < 4.78 is 5.10. The molecule has 0 bridgehead atoms. The molecule has 2 aromatic rings. The highest BCUT2D eigenvalue weighted by Gasteiger charge is 2.10. The van der Waals surface area contributed by atoms with Crippen molar-refractivity contribution in [2.24, 2.45) is 5.10 Å².